The smallest absolute Gasteiger partial charge is 0.207 e. The van der Waals surface area contributed by atoms with Gasteiger partial charge in [0.2, 0.25) is 6.19 Å². The predicted molar refractivity (Wildman–Crippen MR) is 50.8 cm³/mol. The first-order valence-electron chi connectivity index (χ1n) is 4.30. The molecule has 0 aromatic rings. The van der Waals surface area contributed by atoms with Crippen molar-refractivity contribution in [2.75, 3.05) is 13.6 Å². The summed E-state index contributed by atoms with van der Waals surface area (Å²) in [6.45, 7) is 2.94. The van der Waals surface area contributed by atoms with Crippen molar-refractivity contribution in [3.05, 3.63) is 0 Å². The molecule has 0 spiro atoms. The molecule has 0 fully saturated rings. The third kappa shape index (κ3) is 4.81. The van der Waals surface area contributed by atoms with E-state index < -0.39 is 0 Å². The van der Waals surface area contributed by atoms with Crippen molar-refractivity contribution in [2.45, 2.75) is 26.2 Å². The lowest BCUT2D eigenvalue weighted by molar-refractivity contribution is 0.479. The number of hydrogen-bond acceptors (Lipinski definition) is 3. The third-order valence-corrected chi connectivity index (χ3v) is 1.70. The zero-order chi connectivity index (χ0) is 10.1. The van der Waals surface area contributed by atoms with Crippen LogP contribution < -0.4 is 0 Å². The van der Waals surface area contributed by atoms with E-state index >= 15 is 0 Å². The van der Waals surface area contributed by atoms with E-state index in [4.69, 9.17) is 10.5 Å². The molecule has 0 saturated heterocycles. The first-order valence-corrected chi connectivity index (χ1v) is 4.30. The molecule has 0 rings (SSSR count). The lowest BCUT2D eigenvalue weighted by Gasteiger charge is -2.17. The van der Waals surface area contributed by atoms with Crippen molar-refractivity contribution in [3.63, 3.8) is 0 Å². The number of amidine groups is 1. The molecule has 0 aromatic carbocycles. The molecule has 0 aliphatic heterocycles. The summed E-state index contributed by atoms with van der Waals surface area (Å²) in [6.07, 6.45) is 4.05. The Morgan fingerprint density at radius 2 is 2.15 bits per heavy atom. The highest BCUT2D eigenvalue weighted by Crippen LogP contribution is 1.97. The second-order valence-corrected chi connectivity index (χ2v) is 2.74. The molecular weight excluding hydrogens is 164 g/mol. The van der Waals surface area contributed by atoms with E-state index in [0.29, 0.717) is 5.84 Å². The van der Waals surface area contributed by atoms with E-state index in [2.05, 4.69) is 11.9 Å². The van der Waals surface area contributed by atoms with Gasteiger partial charge in [-0.25, -0.2) is 0 Å². The molecule has 0 aromatic heterocycles. The Kier molecular flexibility index (Phi) is 6.27. The van der Waals surface area contributed by atoms with Crippen LogP contribution in [0.4, 0.5) is 0 Å². The van der Waals surface area contributed by atoms with Crippen LogP contribution in [-0.4, -0.2) is 24.3 Å². The molecule has 0 unspecified atom stereocenters. The van der Waals surface area contributed by atoms with Crippen LogP contribution in [0.5, 0.6) is 0 Å². The average molecular weight is 178 g/mol. The largest absolute Gasteiger partial charge is 0.362 e. The van der Waals surface area contributed by atoms with Crippen LogP contribution in [-0.2, 0) is 0 Å². The number of rotatable bonds is 4. The molecule has 0 radical (unpaired) electrons. The second kappa shape index (κ2) is 7.12. The molecule has 0 aliphatic carbocycles. The third-order valence-electron chi connectivity index (χ3n) is 1.70. The number of unbranched alkanes of at least 4 members (excludes halogenated alkanes) is 1. The van der Waals surface area contributed by atoms with Gasteiger partial charge >= 0.3 is 0 Å². The van der Waals surface area contributed by atoms with Gasteiger partial charge in [-0.2, -0.15) is 15.5 Å². The Balaban J connectivity index is 4.15. The van der Waals surface area contributed by atoms with Crippen molar-refractivity contribution in [2.24, 2.45) is 4.99 Å². The van der Waals surface area contributed by atoms with Crippen LogP contribution in [0.1, 0.15) is 26.2 Å². The van der Waals surface area contributed by atoms with Gasteiger partial charge < -0.3 is 4.90 Å². The Morgan fingerprint density at radius 3 is 2.62 bits per heavy atom. The fourth-order valence-electron chi connectivity index (χ4n) is 0.913. The van der Waals surface area contributed by atoms with Crippen LogP contribution in [0.25, 0.3) is 0 Å². The number of hydrogen-bond donors (Lipinski definition) is 0. The quantitative estimate of drug-likeness (QED) is 0.372. The minimum atomic E-state index is 0.202. The van der Waals surface area contributed by atoms with E-state index in [-0.39, 0.29) is 6.42 Å². The van der Waals surface area contributed by atoms with Gasteiger partial charge in [0.05, 0.1) is 12.5 Å². The van der Waals surface area contributed by atoms with Crippen LogP contribution in [0, 0.1) is 22.8 Å². The summed E-state index contributed by atoms with van der Waals surface area (Å²) in [6, 6.07) is 1.99. The van der Waals surface area contributed by atoms with E-state index in [9.17, 15) is 0 Å². The zero-order valence-electron chi connectivity index (χ0n) is 8.12. The van der Waals surface area contributed by atoms with Gasteiger partial charge in [0.1, 0.15) is 5.84 Å². The summed E-state index contributed by atoms with van der Waals surface area (Å²) in [5.74, 6) is 0.554. The molecule has 13 heavy (non-hydrogen) atoms. The Bertz CT molecular complexity index is 243. The van der Waals surface area contributed by atoms with E-state index in [1.165, 1.54) is 0 Å². The monoisotopic (exact) mass is 178 g/mol. The van der Waals surface area contributed by atoms with Crippen LogP contribution in [0.2, 0.25) is 0 Å². The molecule has 0 heterocycles. The van der Waals surface area contributed by atoms with Crippen LogP contribution >= 0.6 is 0 Å². The lowest BCUT2D eigenvalue weighted by Crippen LogP contribution is -2.27. The summed E-state index contributed by atoms with van der Waals surface area (Å²) >= 11 is 0. The summed E-state index contributed by atoms with van der Waals surface area (Å²) < 4.78 is 0. The average Bonchev–Trinajstić information content (AvgIpc) is 2.14. The van der Waals surface area contributed by atoms with Crippen LogP contribution in [0.3, 0.4) is 0 Å². The minimum Gasteiger partial charge on any atom is -0.362 e. The first-order chi connectivity index (χ1) is 6.26. The summed E-state index contributed by atoms with van der Waals surface area (Å²) in [5.41, 5.74) is 0. The molecule has 0 bridgehead atoms. The summed E-state index contributed by atoms with van der Waals surface area (Å²) in [7, 11) is 1.85. The van der Waals surface area contributed by atoms with Crippen molar-refractivity contribution >= 4 is 5.84 Å². The number of nitriles is 2. The van der Waals surface area contributed by atoms with Gasteiger partial charge in [-0.3, -0.25) is 0 Å². The predicted octanol–water partition coefficient (Wildman–Crippen LogP) is 1.51. The van der Waals surface area contributed by atoms with E-state index in [0.717, 1.165) is 19.4 Å². The molecule has 70 valence electrons. The van der Waals surface area contributed by atoms with Gasteiger partial charge in [0, 0.05) is 13.6 Å². The van der Waals surface area contributed by atoms with E-state index in [1.807, 2.05) is 18.0 Å². The van der Waals surface area contributed by atoms with Crippen molar-refractivity contribution < 1.29 is 0 Å². The van der Waals surface area contributed by atoms with Gasteiger partial charge in [0.15, 0.2) is 0 Å². The highest BCUT2D eigenvalue weighted by atomic mass is 15.2. The lowest BCUT2D eigenvalue weighted by atomic mass is 10.3. The Morgan fingerprint density at radius 1 is 1.46 bits per heavy atom. The molecule has 0 atom stereocenters. The molecule has 0 N–H and O–H groups in total. The maximum absolute atomic E-state index is 8.47. The standard InChI is InChI=1S/C9H14N4/c1-3-4-7-13(2)9(5-6-10)12-8-11/h3-5,7H2,1-2H3. The SMILES string of the molecule is CCCCN(C)C(CC#N)=NC#N. The number of aliphatic imine (C=N–C) groups is 1. The zero-order valence-corrected chi connectivity index (χ0v) is 8.12. The fourth-order valence-corrected chi connectivity index (χ4v) is 0.913. The molecule has 4 heteroatoms. The normalized spacial score (nSPS) is 10.3. The molecule has 0 saturated carbocycles. The van der Waals surface area contributed by atoms with Gasteiger partial charge in [-0.15, -0.1) is 0 Å². The van der Waals surface area contributed by atoms with Crippen molar-refractivity contribution in [1.82, 2.24) is 4.90 Å². The van der Waals surface area contributed by atoms with Crippen LogP contribution in [0.15, 0.2) is 4.99 Å². The topological polar surface area (TPSA) is 63.2 Å². The maximum atomic E-state index is 8.47. The van der Waals surface area contributed by atoms with E-state index in [1.54, 1.807) is 6.19 Å². The van der Waals surface area contributed by atoms with Gasteiger partial charge in [0.25, 0.3) is 0 Å². The van der Waals surface area contributed by atoms with Crippen molar-refractivity contribution in [3.8, 4) is 12.3 Å². The Hall–Kier alpha value is -1.55. The molecule has 0 aliphatic rings. The molecule has 4 nitrogen and oxygen atoms in total. The fraction of sp³-hybridized carbons (Fsp3) is 0.667. The van der Waals surface area contributed by atoms with Gasteiger partial charge in [-0.1, -0.05) is 13.3 Å². The molecular formula is C9H14N4. The molecule has 0 amide bonds. The summed E-state index contributed by atoms with van der Waals surface area (Å²) in [5, 5.41) is 16.8. The highest BCUT2D eigenvalue weighted by molar-refractivity contribution is 5.84. The minimum absolute atomic E-state index is 0.202. The first kappa shape index (κ1) is 11.4. The summed E-state index contributed by atoms with van der Waals surface area (Å²) in [4.78, 5) is 5.45. The second-order valence-electron chi connectivity index (χ2n) is 2.74. The Labute approximate surface area is 79.1 Å². The van der Waals surface area contributed by atoms with Gasteiger partial charge in [-0.05, 0) is 6.42 Å². The number of nitrogens with zero attached hydrogens (tertiary/aromatic N) is 4. The maximum Gasteiger partial charge on any atom is 0.207 e. The van der Waals surface area contributed by atoms with Crippen molar-refractivity contribution in [1.29, 1.82) is 10.5 Å². The highest BCUT2D eigenvalue weighted by Gasteiger charge is 2.04.